The fraction of sp³-hybridized carbons (Fsp3) is 0.650. The smallest absolute Gasteiger partial charge is 0.225 e. The molecule has 1 saturated heterocycles. The van der Waals surface area contributed by atoms with Crippen LogP contribution in [0.3, 0.4) is 0 Å². The van der Waals surface area contributed by atoms with E-state index in [2.05, 4.69) is 17.4 Å². The van der Waals surface area contributed by atoms with Gasteiger partial charge in [-0.1, -0.05) is 44.2 Å². The summed E-state index contributed by atoms with van der Waals surface area (Å²) in [4.78, 5) is 12.7. The van der Waals surface area contributed by atoms with Gasteiger partial charge in [-0.3, -0.25) is 4.79 Å². The number of carbonyl (C=O) groups is 1. The van der Waals surface area contributed by atoms with E-state index in [4.69, 9.17) is 4.74 Å². The molecule has 1 atom stereocenters. The molecule has 1 unspecified atom stereocenters. The van der Waals surface area contributed by atoms with E-state index in [1.54, 1.807) is 0 Å². The van der Waals surface area contributed by atoms with E-state index in [1.807, 2.05) is 32.0 Å². The van der Waals surface area contributed by atoms with Gasteiger partial charge >= 0.3 is 0 Å². The molecule has 4 heteroatoms. The highest BCUT2D eigenvalue weighted by Crippen LogP contribution is 2.31. The van der Waals surface area contributed by atoms with Crippen LogP contribution in [0.4, 0.5) is 0 Å². The quantitative estimate of drug-likeness (QED) is 0.768. The van der Waals surface area contributed by atoms with E-state index in [-0.39, 0.29) is 23.8 Å². The lowest BCUT2D eigenvalue weighted by Gasteiger charge is -2.31. The van der Waals surface area contributed by atoms with Gasteiger partial charge in [-0.2, -0.15) is 0 Å². The monoisotopic (exact) mass is 333 g/mol. The molecule has 4 nitrogen and oxygen atoms in total. The average Bonchev–Trinajstić information content (AvgIpc) is 2.59. The molecule has 24 heavy (non-hydrogen) atoms. The third-order valence-corrected chi connectivity index (χ3v) is 5.01. The molecule has 1 aliphatic heterocycles. The summed E-state index contributed by atoms with van der Waals surface area (Å²) < 4.78 is 5.41. The molecule has 0 aromatic heterocycles. The second kappa shape index (κ2) is 9.19. The third kappa shape index (κ3) is 5.60. The van der Waals surface area contributed by atoms with E-state index >= 15 is 0 Å². The van der Waals surface area contributed by atoms with Crippen molar-refractivity contribution in [3.63, 3.8) is 0 Å². The first-order valence-corrected chi connectivity index (χ1v) is 9.05. The van der Waals surface area contributed by atoms with Crippen molar-refractivity contribution in [3.05, 3.63) is 35.9 Å². The van der Waals surface area contributed by atoms with E-state index in [9.17, 15) is 9.90 Å². The highest BCUT2D eigenvalue weighted by Gasteiger charge is 2.31. The molecule has 1 fully saturated rings. The number of hydrogen-bond donors (Lipinski definition) is 2. The van der Waals surface area contributed by atoms with Gasteiger partial charge in [-0.25, -0.2) is 0 Å². The van der Waals surface area contributed by atoms with Crippen molar-refractivity contribution in [1.82, 2.24) is 5.32 Å². The molecule has 0 aliphatic carbocycles. The molecule has 2 rings (SSSR count). The Morgan fingerprint density at radius 3 is 2.58 bits per heavy atom. The first-order valence-electron chi connectivity index (χ1n) is 9.05. The molecule has 1 aromatic carbocycles. The van der Waals surface area contributed by atoms with E-state index in [0.717, 1.165) is 38.0 Å². The largest absolute Gasteiger partial charge is 0.396 e. The molecule has 0 radical (unpaired) electrons. The molecular formula is C20H31NO3. The predicted octanol–water partition coefficient (Wildman–Crippen LogP) is 3.11. The zero-order chi connectivity index (χ0) is 17.4. The van der Waals surface area contributed by atoms with Gasteiger partial charge in [0.1, 0.15) is 0 Å². The molecular weight excluding hydrogens is 302 g/mol. The van der Waals surface area contributed by atoms with Gasteiger partial charge in [-0.05, 0) is 37.2 Å². The summed E-state index contributed by atoms with van der Waals surface area (Å²) in [6.07, 6.45) is 3.66. The highest BCUT2D eigenvalue weighted by molar-refractivity contribution is 5.81. The van der Waals surface area contributed by atoms with Crippen molar-refractivity contribution in [2.24, 2.45) is 11.3 Å². The van der Waals surface area contributed by atoms with Crippen LogP contribution in [0, 0.1) is 11.3 Å². The van der Waals surface area contributed by atoms with Crippen molar-refractivity contribution in [2.45, 2.75) is 45.4 Å². The molecule has 134 valence electrons. The Bertz CT molecular complexity index is 495. The number of aliphatic hydroxyl groups is 1. The van der Waals surface area contributed by atoms with Gasteiger partial charge in [-0.15, -0.1) is 0 Å². The third-order valence-electron chi connectivity index (χ3n) is 5.01. The van der Waals surface area contributed by atoms with Crippen molar-refractivity contribution in [3.8, 4) is 0 Å². The molecule has 0 saturated carbocycles. The maximum atomic E-state index is 12.7. The summed E-state index contributed by atoms with van der Waals surface area (Å²) in [6.45, 7) is 6.38. The van der Waals surface area contributed by atoms with Gasteiger partial charge in [0.15, 0.2) is 0 Å². The van der Waals surface area contributed by atoms with Crippen molar-refractivity contribution in [2.75, 3.05) is 26.4 Å². The molecule has 0 bridgehead atoms. The second-order valence-electron chi connectivity index (χ2n) is 7.47. The van der Waals surface area contributed by atoms with Crippen molar-refractivity contribution < 1.29 is 14.6 Å². The fourth-order valence-corrected chi connectivity index (χ4v) is 3.49. The van der Waals surface area contributed by atoms with Gasteiger partial charge in [0.2, 0.25) is 5.91 Å². The Morgan fingerprint density at radius 1 is 1.29 bits per heavy atom. The van der Waals surface area contributed by atoms with Crippen LogP contribution >= 0.6 is 0 Å². The van der Waals surface area contributed by atoms with Crippen LogP contribution in [0.5, 0.6) is 0 Å². The lowest BCUT2D eigenvalue weighted by molar-refractivity contribution is -0.130. The molecule has 1 aliphatic rings. The zero-order valence-electron chi connectivity index (χ0n) is 15.0. The minimum absolute atomic E-state index is 0.105. The lowest BCUT2D eigenvalue weighted by atomic mass is 9.79. The number of ether oxygens (including phenoxy) is 1. The normalized spacial score (nSPS) is 17.5. The molecule has 1 heterocycles. The summed E-state index contributed by atoms with van der Waals surface area (Å²) in [5.74, 6) is 0.828. The van der Waals surface area contributed by atoms with Gasteiger partial charge < -0.3 is 15.2 Å². The summed E-state index contributed by atoms with van der Waals surface area (Å²) in [7, 11) is 0. The summed E-state index contributed by atoms with van der Waals surface area (Å²) in [5.41, 5.74) is 0.789. The summed E-state index contributed by atoms with van der Waals surface area (Å²) in [5, 5.41) is 12.4. The standard InChI is InChI=1S/C20H31NO3/c1-20(2,14-16-9-12-24-13-10-16)19(23)21-15-18(8-11-22)17-6-4-3-5-7-17/h3-7,16,18,22H,8-15H2,1-2H3,(H,21,23). The van der Waals surface area contributed by atoms with E-state index in [1.165, 1.54) is 0 Å². The second-order valence-corrected chi connectivity index (χ2v) is 7.47. The number of benzene rings is 1. The number of amides is 1. The number of carbonyl (C=O) groups excluding carboxylic acids is 1. The maximum Gasteiger partial charge on any atom is 0.225 e. The van der Waals surface area contributed by atoms with E-state index < -0.39 is 0 Å². The van der Waals surface area contributed by atoms with Crippen LogP contribution in [0.15, 0.2) is 30.3 Å². The average molecular weight is 333 g/mol. The Kier molecular flexibility index (Phi) is 7.25. The Balaban J connectivity index is 1.89. The molecule has 0 spiro atoms. The maximum absolute atomic E-state index is 12.7. The molecule has 1 aromatic rings. The van der Waals surface area contributed by atoms with Crippen LogP contribution in [0.25, 0.3) is 0 Å². The SMILES string of the molecule is CC(C)(CC1CCOCC1)C(=O)NCC(CCO)c1ccccc1. The minimum atomic E-state index is -0.373. The fourth-order valence-electron chi connectivity index (χ4n) is 3.49. The summed E-state index contributed by atoms with van der Waals surface area (Å²) >= 11 is 0. The summed E-state index contributed by atoms with van der Waals surface area (Å²) in [6, 6.07) is 10.1. The Labute approximate surface area is 145 Å². The van der Waals surface area contributed by atoms with Crippen molar-refractivity contribution in [1.29, 1.82) is 0 Å². The van der Waals surface area contributed by atoms with Gasteiger partial charge in [0, 0.05) is 37.7 Å². The predicted molar refractivity (Wildman–Crippen MR) is 95.8 cm³/mol. The number of rotatable bonds is 8. The van der Waals surface area contributed by atoms with Crippen LogP contribution < -0.4 is 5.32 Å². The van der Waals surface area contributed by atoms with Crippen LogP contribution in [-0.4, -0.2) is 37.4 Å². The van der Waals surface area contributed by atoms with E-state index in [0.29, 0.717) is 18.9 Å². The lowest BCUT2D eigenvalue weighted by Crippen LogP contribution is -2.40. The number of nitrogens with one attached hydrogen (secondary N) is 1. The van der Waals surface area contributed by atoms with Gasteiger partial charge in [0.25, 0.3) is 0 Å². The number of aliphatic hydroxyl groups excluding tert-OH is 1. The zero-order valence-corrected chi connectivity index (χ0v) is 15.0. The highest BCUT2D eigenvalue weighted by atomic mass is 16.5. The van der Waals surface area contributed by atoms with Gasteiger partial charge in [0.05, 0.1) is 0 Å². The molecule has 1 amide bonds. The van der Waals surface area contributed by atoms with Crippen LogP contribution in [0.2, 0.25) is 0 Å². The topological polar surface area (TPSA) is 58.6 Å². The Hall–Kier alpha value is -1.39. The Morgan fingerprint density at radius 2 is 1.96 bits per heavy atom. The van der Waals surface area contributed by atoms with Crippen LogP contribution in [0.1, 0.15) is 51.0 Å². The first kappa shape index (κ1) is 18.9. The van der Waals surface area contributed by atoms with Crippen LogP contribution in [-0.2, 0) is 9.53 Å². The first-order chi connectivity index (χ1) is 11.5. The van der Waals surface area contributed by atoms with Crippen molar-refractivity contribution >= 4 is 5.91 Å². The molecule has 2 N–H and O–H groups in total. The number of hydrogen-bond acceptors (Lipinski definition) is 3. The minimum Gasteiger partial charge on any atom is -0.396 e.